The second-order valence-corrected chi connectivity index (χ2v) is 4.45. The predicted octanol–water partition coefficient (Wildman–Crippen LogP) is 1.41. The first-order valence-corrected chi connectivity index (χ1v) is 5.76. The second kappa shape index (κ2) is 5.68. The quantitative estimate of drug-likeness (QED) is 0.740. The number of amides is 1. The molecule has 0 aliphatic carbocycles. The Morgan fingerprint density at radius 3 is 2.71 bits per heavy atom. The molecule has 1 amide bonds. The summed E-state index contributed by atoms with van der Waals surface area (Å²) >= 11 is 0. The topological polar surface area (TPSA) is 75.4 Å². The van der Waals surface area contributed by atoms with Gasteiger partial charge in [-0.2, -0.15) is 0 Å². The normalized spacial score (nSPS) is 14.1. The third-order valence-corrected chi connectivity index (χ3v) is 3.07. The molecular weight excluding hydrogens is 216 g/mol. The lowest BCUT2D eigenvalue weighted by molar-refractivity contribution is 0.0927. The van der Waals surface area contributed by atoms with Crippen molar-refractivity contribution in [3.05, 3.63) is 29.3 Å². The van der Waals surface area contributed by atoms with Gasteiger partial charge in [0.15, 0.2) is 0 Å². The average Bonchev–Trinajstić information content (AvgIpc) is 2.31. The number of benzene rings is 1. The van der Waals surface area contributed by atoms with Gasteiger partial charge in [-0.1, -0.05) is 19.1 Å². The number of hydrogen-bond acceptors (Lipinski definition) is 3. The van der Waals surface area contributed by atoms with Crippen LogP contribution in [0.15, 0.2) is 18.2 Å². The van der Waals surface area contributed by atoms with Crippen molar-refractivity contribution in [2.45, 2.75) is 26.8 Å². The van der Waals surface area contributed by atoms with Gasteiger partial charge in [0.2, 0.25) is 0 Å². The highest BCUT2D eigenvalue weighted by atomic mass is 16.3. The Balaban J connectivity index is 2.80. The van der Waals surface area contributed by atoms with Crippen LogP contribution in [0.25, 0.3) is 0 Å². The molecule has 2 atom stereocenters. The van der Waals surface area contributed by atoms with Crippen molar-refractivity contribution in [2.24, 2.45) is 11.7 Å². The van der Waals surface area contributed by atoms with Crippen LogP contribution >= 0.6 is 0 Å². The Bertz CT molecular complexity index is 404. The standard InChI is InChI=1S/C13H20N2O2/c1-8-5-4-6-11(12(8)16)13(17)15-10(3)9(2)7-14/h4-6,9-10,16H,7,14H2,1-3H3,(H,15,17). The van der Waals surface area contributed by atoms with Gasteiger partial charge in [0.05, 0.1) is 5.56 Å². The molecule has 0 heterocycles. The average molecular weight is 236 g/mol. The van der Waals surface area contributed by atoms with Gasteiger partial charge in [-0.25, -0.2) is 0 Å². The van der Waals surface area contributed by atoms with E-state index in [9.17, 15) is 9.90 Å². The number of phenols is 1. The Labute approximate surface area is 102 Å². The third kappa shape index (κ3) is 3.20. The van der Waals surface area contributed by atoms with Gasteiger partial charge in [0, 0.05) is 6.04 Å². The molecule has 17 heavy (non-hydrogen) atoms. The Hall–Kier alpha value is -1.55. The van der Waals surface area contributed by atoms with E-state index in [0.717, 1.165) is 0 Å². The van der Waals surface area contributed by atoms with Gasteiger partial charge in [0.25, 0.3) is 5.91 Å². The SMILES string of the molecule is Cc1cccc(C(=O)NC(C)C(C)CN)c1O. The molecule has 2 unspecified atom stereocenters. The molecule has 4 N–H and O–H groups in total. The molecule has 4 heteroatoms. The molecule has 0 aliphatic heterocycles. The molecule has 4 nitrogen and oxygen atoms in total. The molecular formula is C13H20N2O2. The summed E-state index contributed by atoms with van der Waals surface area (Å²) in [4.78, 5) is 11.9. The smallest absolute Gasteiger partial charge is 0.255 e. The Kier molecular flexibility index (Phi) is 4.52. The summed E-state index contributed by atoms with van der Waals surface area (Å²) in [6.07, 6.45) is 0. The van der Waals surface area contributed by atoms with E-state index in [1.54, 1.807) is 25.1 Å². The van der Waals surface area contributed by atoms with Crippen LogP contribution in [0.2, 0.25) is 0 Å². The number of aryl methyl sites for hydroxylation is 1. The third-order valence-electron chi connectivity index (χ3n) is 3.07. The number of para-hydroxylation sites is 1. The predicted molar refractivity (Wildman–Crippen MR) is 68.0 cm³/mol. The van der Waals surface area contributed by atoms with Crippen molar-refractivity contribution >= 4 is 5.91 Å². The van der Waals surface area contributed by atoms with E-state index in [-0.39, 0.29) is 23.6 Å². The highest BCUT2D eigenvalue weighted by Gasteiger charge is 2.17. The molecule has 0 saturated carbocycles. The van der Waals surface area contributed by atoms with Crippen LogP contribution in [-0.4, -0.2) is 23.6 Å². The molecule has 1 aromatic carbocycles. The van der Waals surface area contributed by atoms with Gasteiger partial charge in [-0.05, 0) is 37.9 Å². The first kappa shape index (κ1) is 13.5. The largest absolute Gasteiger partial charge is 0.507 e. The molecule has 0 bridgehead atoms. The zero-order valence-corrected chi connectivity index (χ0v) is 10.5. The highest BCUT2D eigenvalue weighted by molar-refractivity contribution is 5.97. The number of aromatic hydroxyl groups is 1. The molecule has 0 fully saturated rings. The van der Waals surface area contributed by atoms with E-state index in [1.165, 1.54) is 0 Å². The minimum absolute atomic E-state index is 0.0209. The molecule has 0 saturated heterocycles. The van der Waals surface area contributed by atoms with E-state index in [1.807, 2.05) is 13.8 Å². The molecule has 0 radical (unpaired) electrons. The van der Waals surface area contributed by atoms with Gasteiger partial charge in [-0.15, -0.1) is 0 Å². The van der Waals surface area contributed by atoms with Gasteiger partial charge >= 0.3 is 0 Å². The monoisotopic (exact) mass is 236 g/mol. The first-order valence-electron chi connectivity index (χ1n) is 5.76. The van der Waals surface area contributed by atoms with E-state index in [0.29, 0.717) is 17.7 Å². The Morgan fingerprint density at radius 2 is 2.12 bits per heavy atom. The molecule has 0 spiro atoms. The Morgan fingerprint density at radius 1 is 1.47 bits per heavy atom. The number of rotatable bonds is 4. The summed E-state index contributed by atoms with van der Waals surface area (Å²) in [7, 11) is 0. The summed E-state index contributed by atoms with van der Waals surface area (Å²) in [6.45, 7) is 6.16. The van der Waals surface area contributed by atoms with Crippen LogP contribution in [0.3, 0.4) is 0 Å². The number of nitrogens with one attached hydrogen (secondary N) is 1. The van der Waals surface area contributed by atoms with E-state index < -0.39 is 0 Å². The van der Waals surface area contributed by atoms with Crippen LogP contribution in [0.5, 0.6) is 5.75 Å². The summed E-state index contributed by atoms with van der Waals surface area (Å²) in [6, 6.07) is 5.10. The highest BCUT2D eigenvalue weighted by Crippen LogP contribution is 2.21. The van der Waals surface area contributed by atoms with Crippen molar-refractivity contribution < 1.29 is 9.90 Å². The molecule has 0 aromatic heterocycles. The van der Waals surface area contributed by atoms with Gasteiger partial charge in [0.1, 0.15) is 5.75 Å². The van der Waals surface area contributed by atoms with Crippen molar-refractivity contribution in [1.82, 2.24) is 5.32 Å². The minimum Gasteiger partial charge on any atom is -0.507 e. The number of carbonyl (C=O) groups excluding carboxylic acids is 1. The van der Waals surface area contributed by atoms with Crippen LogP contribution < -0.4 is 11.1 Å². The zero-order chi connectivity index (χ0) is 13.0. The van der Waals surface area contributed by atoms with E-state index in [4.69, 9.17) is 5.73 Å². The van der Waals surface area contributed by atoms with Crippen LogP contribution in [-0.2, 0) is 0 Å². The minimum atomic E-state index is -0.265. The van der Waals surface area contributed by atoms with Gasteiger partial charge in [-0.3, -0.25) is 4.79 Å². The number of carbonyl (C=O) groups is 1. The van der Waals surface area contributed by atoms with Crippen LogP contribution in [0.4, 0.5) is 0 Å². The second-order valence-electron chi connectivity index (χ2n) is 4.45. The molecule has 1 rings (SSSR count). The maximum atomic E-state index is 11.9. The number of hydrogen-bond donors (Lipinski definition) is 3. The molecule has 1 aromatic rings. The lowest BCUT2D eigenvalue weighted by Gasteiger charge is -2.20. The lowest BCUT2D eigenvalue weighted by atomic mass is 10.0. The molecule has 0 aliphatic rings. The summed E-state index contributed by atoms with van der Waals surface area (Å²) in [5.41, 5.74) is 6.54. The summed E-state index contributed by atoms with van der Waals surface area (Å²) in [5.74, 6) is -0.0255. The summed E-state index contributed by atoms with van der Waals surface area (Å²) in [5, 5.41) is 12.6. The van der Waals surface area contributed by atoms with Gasteiger partial charge < -0.3 is 16.2 Å². The lowest BCUT2D eigenvalue weighted by Crippen LogP contribution is -2.39. The number of phenolic OH excluding ortho intramolecular Hbond substituents is 1. The zero-order valence-electron chi connectivity index (χ0n) is 10.5. The van der Waals surface area contributed by atoms with Crippen LogP contribution in [0.1, 0.15) is 29.8 Å². The maximum absolute atomic E-state index is 11.9. The van der Waals surface area contributed by atoms with Crippen molar-refractivity contribution in [3.63, 3.8) is 0 Å². The molecule has 94 valence electrons. The first-order chi connectivity index (χ1) is 7.97. The fraction of sp³-hybridized carbons (Fsp3) is 0.462. The van der Waals surface area contributed by atoms with Crippen molar-refractivity contribution in [3.8, 4) is 5.75 Å². The van der Waals surface area contributed by atoms with E-state index >= 15 is 0 Å². The van der Waals surface area contributed by atoms with Crippen LogP contribution in [0, 0.1) is 12.8 Å². The fourth-order valence-electron chi connectivity index (χ4n) is 1.47. The maximum Gasteiger partial charge on any atom is 0.255 e. The van der Waals surface area contributed by atoms with E-state index in [2.05, 4.69) is 5.32 Å². The van der Waals surface area contributed by atoms with Crippen molar-refractivity contribution in [2.75, 3.05) is 6.54 Å². The summed E-state index contributed by atoms with van der Waals surface area (Å²) < 4.78 is 0. The number of nitrogens with two attached hydrogens (primary N) is 1. The fourth-order valence-corrected chi connectivity index (χ4v) is 1.47. The van der Waals surface area contributed by atoms with Crippen molar-refractivity contribution in [1.29, 1.82) is 0 Å².